The van der Waals surface area contributed by atoms with Gasteiger partial charge in [0.2, 0.25) is 21.7 Å². The molecule has 4 heteroatoms. The van der Waals surface area contributed by atoms with Gasteiger partial charge in [-0.3, -0.25) is 19.2 Å². The third kappa shape index (κ3) is 2.74. The van der Waals surface area contributed by atoms with Crippen molar-refractivity contribution < 1.29 is 0 Å². The van der Waals surface area contributed by atoms with E-state index in [1.54, 1.807) is 26.0 Å². The molecule has 0 spiro atoms. The summed E-state index contributed by atoms with van der Waals surface area (Å²) in [6, 6.07) is 3.45. The van der Waals surface area contributed by atoms with E-state index in [1.165, 1.54) is 0 Å². The van der Waals surface area contributed by atoms with Crippen LogP contribution in [0.2, 0.25) is 0 Å². The van der Waals surface area contributed by atoms with E-state index in [9.17, 15) is 19.2 Å². The Kier molecular flexibility index (Phi) is 4.27. The number of fused-ring (bicyclic) bond motifs is 2. The van der Waals surface area contributed by atoms with Gasteiger partial charge in [0.25, 0.3) is 0 Å². The van der Waals surface area contributed by atoms with Crippen LogP contribution in [-0.2, 0) is 10.8 Å². The Balaban J connectivity index is 2.72. The van der Waals surface area contributed by atoms with E-state index in [4.69, 9.17) is 0 Å². The van der Waals surface area contributed by atoms with Crippen LogP contribution in [0.25, 0.3) is 21.5 Å². The molecule has 3 rings (SSSR count). The standard InChI is InChI=1S/C24H26O4/c1-11-13-9-15(23(3,4)5)20(26)22(28)18(13)12(2)14-10-16(24(6,7)8)19(25)21(27)17(11)14/h9-10H,1-8H3. The summed E-state index contributed by atoms with van der Waals surface area (Å²) in [6.07, 6.45) is 0. The molecule has 0 N–H and O–H groups in total. The smallest absolute Gasteiger partial charge is 0.234 e. The van der Waals surface area contributed by atoms with Crippen LogP contribution in [0.4, 0.5) is 0 Å². The summed E-state index contributed by atoms with van der Waals surface area (Å²) in [7, 11) is 0. The quantitative estimate of drug-likeness (QED) is 0.443. The van der Waals surface area contributed by atoms with Crippen molar-refractivity contribution in [2.75, 3.05) is 0 Å². The van der Waals surface area contributed by atoms with Crippen LogP contribution in [0.15, 0.2) is 31.3 Å². The van der Waals surface area contributed by atoms with Crippen molar-refractivity contribution in [1.82, 2.24) is 0 Å². The highest BCUT2D eigenvalue weighted by Crippen LogP contribution is 2.32. The third-order valence-corrected chi connectivity index (χ3v) is 5.65. The van der Waals surface area contributed by atoms with Crippen LogP contribution in [0.3, 0.4) is 0 Å². The number of hydrogen-bond donors (Lipinski definition) is 0. The molecule has 0 heterocycles. The minimum absolute atomic E-state index is 0.348. The van der Waals surface area contributed by atoms with Gasteiger partial charge in [0.05, 0.1) is 0 Å². The molecular weight excluding hydrogens is 352 g/mol. The van der Waals surface area contributed by atoms with Crippen molar-refractivity contribution in [2.24, 2.45) is 0 Å². The molecule has 0 saturated carbocycles. The topological polar surface area (TPSA) is 68.3 Å². The number of aryl methyl sites for hydroxylation is 2. The first-order valence-electron chi connectivity index (χ1n) is 9.47. The second kappa shape index (κ2) is 5.94. The molecule has 4 nitrogen and oxygen atoms in total. The summed E-state index contributed by atoms with van der Waals surface area (Å²) < 4.78 is 0. The summed E-state index contributed by atoms with van der Waals surface area (Å²) in [4.78, 5) is 51.5. The van der Waals surface area contributed by atoms with Crippen molar-refractivity contribution in [3.8, 4) is 0 Å². The van der Waals surface area contributed by atoms with Gasteiger partial charge in [0, 0.05) is 21.9 Å². The van der Waals surface area contributed by atoms with Crippen LogP contribution in [-0.4, -0.2) is 0 Å². The molecule has 0 aromatic heterocycles. The van der Waals surface area contributed by atoms with Gasteiger partial charge in [-0.1, -0.05) is 41.5 Å². The molecule has 0 unspecified atom stereocenters. The summed E-state index contributed by atoms with van der Waals surface area (Å²) in [5.41, 5.74) is -1.06. The van der Waals surface area contributed by atoms with Crippen molar-refractivity contribution in [2.45, 2.75) is 66.2 Å². The van der Waals surface area contributed by atoms with Crippen LogP contribution >= 0.6 is 0 Å². The lowest BCUT2D eigenvalue weighted by Crippen LogP contribution is -2.35. The molecule has 146 valence electrons. The van der Waals surface area contributed by atoms with Crippen molar-refractivity contribution in [1.29, 1.82) is 0 Å². The summed E-state index contributed by atoms with van der Waals surface area (Å²) in [5, 5.41) is 1.86. The van der Waals surface area contributed by atoms with Gasteiger partial charge in [0.15, 0.2) is 0 Å². The minimum Gasteiger partial charge on any atom is -0.285 e. The Morgan fingerprint density at radius 1 is 0.536 bits per heavy atom. The van der Waals surface area contributed by atoms with E-state index < -0.39 is 32.5 Å². The van der Waals surface area contributed by atoms with Gasteiger partial charge in [-0.15, -0.1) is 0 Å². The molecule has 28 heavy (non-hydrogen) atoms. The Hall–Kier alpha value is -2.62. The first-order chi connectivity index (χ1) is 12.7. The Labute approximate surface area is 163 Å². The van der Waals surface area contributed by atoms with E-state index >= 15 is 0 Å². The van der Waals surface area contributed by atoms with E-state index in [2.05, 4.69) is 0 Å². The summed E-state index contributed by atoms with van der Waals surface area (Å²) >= 11 is 0. The lowest BCUT2D eigenvalue weighted by atomic mass is 9.81. The molecule has 0 radical (unpaired) electrons. The van der Waals surface area contributed by atoms with Gasteiger partial charge in [-0.05, 0) is 58.7 Å². The lowest BCUT2D eigenvalue weighted by Gasteiger charge is -2.21. The van der Waals surface area contributed by atoms with Gasteiger partial charge in [-0.2, -0.15) is 0 Å². The molecule has 0 saturated heterocycles. The largest absolute Gasteiger partial charge is 0.285 e. The van der Waals surface area contributed by atoms with Crippen molar-refractivity contribution in [3.63, 3.8) is 0 Å². The zero-order valence-electron chi connectivity index (χ0n) is 17.8. The summed E-state index contributed by atoms with van der Waals surface area (Å²) in [6.45, 7) is 14.8. The summed E-state index contributed by atoms with van der Waals surface area (Å²) in [5.74, 6) is 0. The molecule has 0 atom stereocenters. The van der Waals surface area contributed by atoms with E-state index in [1.807, 2.05) is 41.5 Å². The Morgan fingerprint density at radius 2 is 0.821 bits per heavy atom. The zero-order chi connectivity index (χ0) is 21.3. The maximum Gasteiger partial charge on any atom is 0.234 e. The maximum absolute atomic E-state index is 13.0. The van der Waals surface area contributed by atoms with Gasteiger partial charge < -0.3 is 0 Å². The van der Waals surface area contributed by atoms with Gasteiger partial charge in [-0.25, -0.2) is 0 Å². The predicted octanol–water partition coefficient (Wildman–Crippen LogP) is 3.52. The number of rotatable bonds is 0. The average molecular weight is 378 g/mol. The fourth-order valence-electron chi connectivity index (χ4n) is 4.00. The van der Waals surface area contributed by atoms with E-state index in [0.29, 0.717) is 43.8 Å². The minimum atomic E-state index is -0.541. The fraction of sp³-hybridized carbons (Fsp3) is 0.417. The number of hydrogen-bond acceptors (Lipinski definition) is 4. The van der Waals surface area contributed by atoms with Crippen molar-refractivity contribution in [3.05, 3.63) is 75.3 Å². The normalized spacial score (nSPS) is 12.9. The fourth-order valence-corrected chi connectivity index (χ4v) is 4.00. The molecule has 0 aliphatic heterocycles. The average Bonchev–Trinajstić information content (AvgIpc) is 2.55. The van der Waals surface area contributed by atoms with Crippen LogP contribution in [0, 0.1) is 13.8 Å². The molecule has 0 fully saturated rings. The van der Waals surface area contributed by atoms with Crippen LogP contribution < -0.4 is 21.7 Å². The highest BCUT2D eigenvalue weighted by atomic mass is 16.2. The van der Waals surface area contributed by atoms with Gasteiger partial charge >= 0.3 is 0 Å². The highest BCUT2D eigenvalue weighted by molar-refractivity contribution is 6.05. The van der Waals surface area contributed by atoms with E-state index in [-0.39, 0.29) is 0 Å². The second-order valence-electron chi connectivity index (χ2n) is 9.76. The lowest BCUT2D eigenvalue weighted by molar-refractivity contribution is 0.585. The molecule has 0 aliphatic rings. The van der Waals surface area contributed by atoms with Gasteiger partial charge in [0.1, 0.15) is 0 Å². The maximum atomic E-state index is 13.0. The van der Waals surface area contributed by atoms with E-state index in [0.717, 1.165) is 0 Å². The number of benzene rings is 3. The first kappa shape index (κ1) is 20.1. The van der Waals surface area contributed by atoms with Crippen molar-refractivity contribution >= 4 is 21.5 Å². The Morgan fingerprint density at radius 3 is 1.07 bits per heavy atom. The molecular formula is C24H26O4. The monoisotopic (exact) mass is 378 g/mol. The molecule has 0 bridgehead atoms. The SMILES string of the molecule is Cc1c2cc(C(C)(C)C)c(=O)c(=O)c2c(C)c2cc(C(C)(C)C)c(=O)c(=O)c12. The second-order valence-corrected chi connectivity index (χ2v) is 9.76. The predicted molar refractivity (Wildman–Crippen MR) is 116 cm³/mol. The third-order valence-electron chi connectivity index (χ3n) is 5.65. The zero-order valence-corrected chi connectivity index (χ0v) is 17.8. The van der Waals surface area contributed by atoms with Crippen LogP contribution in [0.1, 0.15) is 63.8 Å². The van der Waals surface area contributed by atoms with Crippen LogP contribution in [0.5, 0.6) is 0 Å². The molecule has 0 aliphatic carbocycles. The molecule has 3 aromatic rings. The Bertz CT molecular complexity index is 1250. The highest BCUT2D eigenvalue weighted by Gasteiger charge is 2.26. The molecule has 3 aromatic carbocycles. The molecule has 0 amide bonds. The first-order valence-corrected chi connectivity index (χ1v) is 9.47.